The van der Waals surface area contributed by atoms with Crippen LogP contribution in [0, 0.1) is 0 Å². The van der Waals surface area contributed by atoms with Gasteiger partial charge in [0.2, 0.25) is 0 Å². The number of nitrogens with one attached hydrogen (secondary N) is 1. The number of hydrogen-bond acceptors (Lipinski definition) is 3. The molecule has 1 N–H and O–H groups in total. The van der Waals surface area contributed by atoms with Crippen LogP contribution in [0.4, 0.5) is 14.6 Å². The first-order valence-electron chi connectivity index (χ1n) is 5.29. The number of aromatic nitrogens is 1. The Hall–Kier alpha value is -1.23. The Kier molecular flexibility index (Phi) is 5.11. The molecule has 0 radical (unpaired) electrons. The maximum Gasteiger partial charge on any atom is 0.255 e. The summed E-state index contributed by atoms with van der Waals surface area (Å²) in [7, 11) is 1.62. The molecule has 0 unspecified atom stereocenters. The smallest absolute Gasteiger partial charge is 0.255 e. The number of nitrogens with zero attached hydrogens (tertiary/aromatic N) is 2. The molecule has 0 saturated heterocycles. The summed E-state index contributed by atoms with van der Waals surface area (Å²) in [5.41, 5.74) is 0.862. The fourth-order valence-electron chi connectivity index (χ4n) is 1.33. The molecule has 0 saturated carbocycles. The van der Waals surface area contributed by atoms with Gasteiger partial charge in [-0.1, -0.05) is 13.0 Å². The Morgan fingerprint density at radius 3 is 2.81 bits per heavy atom. The molecule has 0 aliphatic heterocycles. The molecule has 0 fully saturated rings. The van der Waals surface area contributed by atoms with Crippen LogP contribution in [-0.2, 0) is 6.54 Å². The van der Waals surface area contributed by atoms with Crippen LogP contribution >= 0.6 is 0 Å². The van der Waals surface area contributed by atoms with Gasteiger partial charge >= 0.3 is 0 Å². The SMILES string of the molecule is CCNCc1cccc(N(C)CC(F)F)n1. The fourth-order valence-corrected chi connectivity index (χ4v) is 1.33. The lowest BCUT2D eigenvalue weighted by atomic mass is 10.3. The summed E-state index contributed by atoms with van der Waals surface area (Å²) in [6.45, 7) is 3.23. The van der Waals surface area contributed by atoms with Crippen molar-refractivity contribution in [1.82, 2.24) is 10.3 Å². The van der Waals surface area contributed by atoms with Crippen LogP contribution in [-0.4, -0.2) is 31.5 Å². The Morgan fingerprint density at radius 1 is 1.44 bits per heavy atom. The molecule has 90 valence electrons. The highest BCUT2D eigenvalue weighted by Gasteiger charge is 2.09. The van der Waals surface area contributed by atoms with Gasteiger partial charge in [0, 0.05) is 13.6 Å². The van der Waals surface area contributed by atoms with E-state index in [-0.39, 0.29) is 6.54 Å². The van der Waals surface area contributed by atoms with Gasteiger partial charge in [-0.25, -0.2) is 13.8 Å². The van der Waals surface area contributed by atoms with E-state index in [4.69, 9.17) is 0 Å². The van der Waals surface area contributed by atoms with Gasteiger partial charge in [-0.3, -0.25) is 0 Å². The average molecular weight is 229 g/mol. The van der Waals surface area contributed by atoms with Crippen LogP contribution in [0.3, 0.4) is 0 Å². The second kappa shape index (κ2) is 6.37. The predicted octanol–water partition coefficient (Wildman–Crippen LogP) is 1.89. The number of halogens is 2. The first-order valence-corrected chi connectivity index (χ1v) is 5.29. The van der Waals surface area contributed by atoms with E-state index in [2.05, 4.69) is 10.3 Å². The molecule has 0 aromatic carbocycles. The van der Waals surface area contributed by atoms with Crippen LogP contribution in [0.1, 0.15) is 12.6 Å². The van der Waals surface area contributed by atoms with E-state index in [0.29, 0.717) is 12.4 Å². The van der Waals surface area contributed by atoms with Gasteiger partial charge in [0.1, 0.15) is 5.82 Å². The van der Waals surface area contributed by atoms with E-state index in [9.17, 15) is 8.78 Å². The lowest BCUT2D eigenvalue weighted by molar-refractivity contribution is 0.156. The second-order valence-corrected chi connectivity index (χ2v) is 3.54. The molecule has 16 heavy (non-hydrogen) atoms. The van der Waals surface area contributed by atoms with Gasteiger partial charge in [-0.2, -0.15) is 0 Å². The molecule has 5 heteroatoms. The molecule has 0 spiro atoms. The van der Waals surface area contributed by atoms with Gasteiger partial charge in [0.25, 0.3) is 6.43 Å². The van der Waals surface area contributed by atoms with Crippen molar-refractivity contribution < 1.29 is 8.78 Å². The summed E-state index contributed by atoms with van der Waals surface area (Å²) < 4.78 is 24.4. The number of anilines is 1. The summed E-state index contributed by atoms with van der Waals surface area (Å²) in [5, 5.41) is 3.14. The largest absolute Gasteiger partial charge is 0.354 e. The van der Waals surface area contributed by atoms with Crippen molar-refractivity contribution in [1.29, 1.82) is 0 Å². The highest BCUT2D eigenvalue weighted by molar-refractivity contribution is 5.38. The van der Waals surface area contributed by atoms with Gasteiger partial charge in [0.05, 0.1) is 12.2 Å². The lowest BCUT2D eigenvalue weighted by Gasteiger charge is -2.18. The summed E-state index contributed by atoms with van der Waals surface area (Å²) in [6.07, 6.45) is -2.34. The Bertz CT molecular complexity index is 318. The minimum absolute atomic E-state index is 0.294. The molecular weight excluding hydrogens is 212 g/mol. The second-order valence-electron chi connectivity index (χ2n) is 3.54. The third-order valence-corrected chi connectivity index (χ3v) is 2.15. The molecular formula is C11H17F2N3. The zero-order valence-corrected chi connectivity index (χ0v) is 9.58. The van der Waals surface area contributed by atoms with Crippen LogP contribution in [0.15, 0.2) is 18.2 Å². The monoisotopic (exact) mass is 229 g/mol. The molecule has 0 aliphatic rings. The molecule has 1 rings (SSSR count). The van der Waals surface area contributed by atoms with Gasteiger partial charge in [0.15, 0.2) is 0 Å². The fraction of sp³-hybridized carbons (Fsp3) is 0.545. The third kappa shape index (κ3) is 4.10. The standard InChI is InChI=1S/C11H17F2N3/c1-3-14-7-9-5-4-6-11(15-9)16(2)8-10(12)13/h4-6,10,14H,3,7-8H2,1-2H3. The van der Waals surface area contributed by atoms with Gasteiger partial charge in [-0.05, 0) is 18.7 Å². The van der Waals surface area contributed by atoms with E-state index in [1.807, 2.05) is 19.1 Å². The summed E-state index contributed by atoms with van der Waals surface area (Å²) in [4.78, 5) is 5.75. The van der Waals surface area contributed by atoms with Crippen LogP contribution in [0.5, 0.6) is 0 Å². The molecule has 0 atom stereocenters. The lowest BCUT2D eigenvalue weighted by Crippen LogP contribution is -2.25. The maximum atomic E-state index is 12.2. The zero-order valence-electron chi connectivity index (χ0n) is 9.58. The topological polar surface area (TPSA) is 28.2 Å². The number of rotatable bonds is 6. The van der Waals surface area contributed by atoms with Crippen LogP contribution in [0.2, 0.25) is 0 Å². The molecule has 1 aromatic rings. The molecule has 1 aromatic heterocycles. The highest BCUT2D eigenvalue weighted by Crippen LogP contribution is 2.11. The number of pyridine rings is 1. The van der Waals surface area contributed by atoms with E-state index in [1.165, 1.54) is 4.90 Å². The van der Waals surface area contributed by atoms with E-state index >= 15 is 0 Å². The van der Waals surface area contributed by atoms with Crippen molar-refractivity contribution in [2.24, 2.45) is 0 Å². The Labute approximate surface area is 94.5 Å². The first-order chi connectivity index (χ1) is 7.63. The molecule has 3 nitrogen and oxygen atoms in total. The molecule has 1 heterocycles. The number of alkyl halides is 2. The van der Waals surface area contributed by atoms with Crippen molar-refractivity contribution in [3.05, 3.63) is 23.9 Å². The highest BCUT2D eigenvalue weighted by atomic mass is 19.3. The summed E-state index contributed by atoms with van der Waals surface area (Å²) in [5.74, 6) is 0.579. The molecule has 0 amide bonds. The molecule has 0 aliphatic carbocycles. The van der Waals surface area contributed by atoms with Crippen molar-refractivity contribution in [2.75, 3.05) is 25.0 Å². The quantitative estimate of drug-likeness (QED) is 0.807. The van der Waals surface area contributed by atoms with Crippen LogP contribution < -0.4 is 10.2 Å². The van der Waals surface area contributed by atoms with Gasteiger partial charge < -0.3 is 10.2 Å². The minimum atomic E-state index is -2.34. The van der Waals surface area contributed by atoms with E-state index in [0.717, 1.165) is 12.2 Å². The zero-order chi connectivity index (χ0) is 12.0. The summed E-state index contributed by atoms with van der Waals surface area (Å²) in [6, 6.07) is 5.44. The predicted molar refractivity (Wildman–Crippen MR) is 60.9 cm³/mol. The van der Waals surface area contributed by atoms with Crippen molar-refractivity contribution in [2.45, 2.75) is 19.9 Å². The number of hydrogen-bond donors (Lipinski definition) is 1. The summed E-state index contributed by atoms with van der Waals surface area (Å²) >= 11 is 0. The van der Waals surface area contributed by atoms with Crippen LogP contribution in [0.25, 0.3) is 0 Å². The molecule has 0 bridgehead atoms. The Morgan fingerprint density at radius 2 is 2.19 bits per heavy atom. The third-order valence-electron chi connectivity index (χ3n) is 2.15. The minimum Gasteiger partial charge on any atom is -0.354 e. The van der Waals surface area contributed by atoms with Gasteiger partial charge in [-0.15, -0.1) is 0 Å². The van der Waals surface area contributed by atoms with Crippen molar-refractivity contribution in [3.63, 3.8) is 0 Å². The van der Waals surface area contributed by atoms with Crippen molar-refractivity contribution in [3.8, 4) is 0 Å². The first kappa shape index (κ1) is 12.8. The average Bonchev–Trinajstić information content (AvgIpc) is 2.26. The Balaban J connectivity index is 2.65. The van der Waals surface area contributed by atoms with E-state index < -0.39 is 6.43 Å². The maximum absolute atomic E-state index is 12.2. The van der Waals surface area contributed by atoms with Crippen molar-refractivity contribution >= 4 is 5.82 Å². The normalized spacial score (nSPS) is 10.8. The van der Waals surface area contributed by atoms with E-state index in [1.54, 1.807) is 13.1 Å².